The molecule has 1 heterocycles. The molecule has 0 radical (unpaired) electrons. The third-order valence-electron chi connectivity index (χ3n) is 2.39. The lowest BCUT2D eigenvalue weighted by molar-refractivity contribution is -0.130. The van der Waals surface area contributed by atoms with Crippen LogP contribution in [0.3, 0.4) is 0 Å². The van der Waals surface area contributed by atoms with Gasteiger partial charge in [-0.25, -0.2) is 9.97 Å². The lowest BCUT2D eigenvalue weighted by atomic mass is 10.3. The van der Waals surface area contributed by atoms with Crippen molar-refractivity contribution in [2.45, 2.75) is 26.8 Å². The van der Waals surface area contributed by atoms with E-state index in [9.17, 15) is 4.79 Å². The maximum Gasteiger partial charge on any atom is 0.244 e. The van der Waals surface area contributed by atoms with Gasteiger partial charge in [-0.1, -0.05) is 0 Å². The van der Waals surface area contributed by atoms with Crippen LogP contribution in [0.5, 0.6) is 0 Å². The highest BCUT2D eigenvalue weighted by atomic mass is 16.2. The molecule has 0 fully saturated rings. The summed E-state index contributed by atoms with van der Waals surface area (Å²) in [6, 6.07) is 1.54. The Labute approximate surface area is 95.9 Å². The fourth-order valence-electron chi connectivity index (χ4n) is 1.30. The Morgan fingerprint density at radius 1 is 1.56 bits per heavy atom. The number of aryl methyl sites for hydroxylation is 1. The van der Waals surface area contributed by atoms with Crippen molar-refractivity contribution in [2.75, 3.05) is 18.9 Å². The molecule has 0 bridgehead atoms. The molecule has 1 atom stereocenters. The van der Waals surface area contributed by atoms with Crippen LogP contribution >= 0.6 is 0 Å². The second-order valence-corrected chi connectivity index (χ2v) is 3.76. The SMILES string of the molecule is CCN(C)C(=O)C(C)Nc1cc(C)ncn1. The van der Waals surface area contributed by atoms with E-state index in [0.29, 0.717) is 12.4 Å². The lowest BCUT2D eigenvalue weighted by Gasteiger charge is -2.20. The fraction of sp³-hybridized carbons (Fsp3) is 0.545. The number of nitrogens with one attached hydrogen (secondary N) is 1. The average molecular weight is 222 g/mol. The van der Waals surface area contributed by atoms with Gasteiger partial charge < -0.3 is 10.2 Å². The van der Waals surface area contributed by atoms with Crippen LogP contribution in [-0.4, -0.2) is 40.4 Å². The quantitative estimate of drug-likeness (QED) is 0.827. The number of nitrogens with zero attached hydrogens (tertiary/aromatic N) is 3. The van der Waals surface area contributed by atoms with Gasteiger partial charge in [-0.15, -0.1) is 0 Å². The molecule has 1 amide bonds. The molecule has 0 aliphatic heterocycles. The third kappa shape index (κ3) is 3.18. The number of hydrogen-bond donors (Lipinski definition) is 1. The first-order chi connectivity index (χ1) is 7.54. The largest absolute Gasteiger partial charge is 0.359 e. The highest BCUT2D eigenvalue weighted by molar-refractivity contribution is 5.83. The summed E-state index contributed by atoms with van der Waals surface area (Å²) in [5.41, 5.74) is 0.876. The molecule has 5 nitrogen and oxygen atoms in total. The number of rotatable bonds is 4. The molecule has 0 aliphatic carbocycles. The van der Waals surface area contributed by atoms with Crippen molar-refractivity contribution in [3.05, 3.63) is 18.1 Å². The molecule has 0 aliphatic rings. The van der Waals surface area contributed by atoms with Crippen LogP contribution in [0.25, 0.3) is 0 Å². The van der Waals surface area contributed by atoms with Crippen molar-refractivity contribution in [2.24, 2.45) is 0 Å². The molecule has 1 aromatic heterocycles. The second kappa shape index (κ2) is 5.44. The Balaban J connectivity index is 2.64. The van der Waals surface area contributed by atoms with Crippen LogP contribution in [0.15, 0.2) is 12.4 Å². The number of carbonyl (C=O) groups is 1. The van der Waals surface area contributed by atoms with Crippen molar-refractivity contribution >= 4 is 11.7 Å². The summed E-state index contributed by atoms with van der Waals surface area (Å²) in [7, 11) is 1.78. The van der Waals surface area contributed by atoms with E-state index in [0.717, 1.165) is 5.69 Å². The Morgan fingerprint density at radius 3 is 2.81 bits per heavy atom. The van der Waals surface area contributed by atoms with Crippen LogP contribution in [0.1, 0.15) is 19.5 Å². The van der Waals surface area contributed by atoms with E-state index in [2.05, 4.69) is 15.3 Å². The number of aromatic nitrogens is 2. The molecule has 0 spiro atoms. The summed E-state index contributed by atoms with van der Waals surface area (Å²) >= 11 is 0. The first-order valence-corrected chi connectivity index (χ1v) is 5.34. The smallest absolute Gasteiger partial charge is 0.244 e. The van der Waals surface area contributed by atoms with Crippen molar-refractivity contribution in [1.29, 1.82) is 0 Å². The summed E-state index contributed by atoms with van der Waals surface area (Å²) < 4.78 is 0. The zero-order valence-corrected chi connectivity index (χ0v) is 10.2. The van der Waals surface area contributed by atoms with Gasteiger partial charge in [-0.3, -0.25) is 4.79 Å². The van der Waals surface area contributed by atoms with E-state index < -0.39 is 0 Å². The molecular weight excluding hydrogens is 204 g/mol. The van der Waals surface area contributed by atoms with E-state index in [-0.39, 0.29) is 11.9 Å². The van der Waals surface area contributed by atoms with Crippen molar-refractivity contribution < 1.29 is 4.79 Å². The molecule has 1 unspecified atom stereocenters. The van der Waals surface area contributed by atoms with Crippen LogP contribution in [0.2, 0.25) is 0 Å². The minimum Gasteiger partial charge on any atom is -0.359 e. The molecule has 0 aromatic carbocycles. The monoisotopic (exact) mass is 222 g/mol. The summed E-state index contributed by atoms with van der Waals surface area (Å²) in [4.78, 5) is 21.5. The predicted molar refractivity (Wildman–Crippen MR) is 63.2 cm³/mol. The second-order valence-electron chi connectivity index (χ2n) is 3.76. The lowest BCUT2D eigenvalue weighted by Crippen LogP contribution is -2.39. The van der Waals surface area contributed by atoms with Crippen molar-refractivity contribution in [3.63, 3.8) is 0 Å². The molecule has 1 rings (SSSR count). The first kappa shape index (κ1) is 12.4. The number of anilines is 1. The Bertz CT molecular complexity index is 367. The first-order valence-electron chi connectivity index (χ1n) is 5.34. The normalized spacial score (nSPS) is 12.0. The Hall–Kier alpha value is -1.65. The topological polar surface area (TPSA) is 58.1 Å². The molecule has 88 valence electrons. The summed E-state index contributed by atoms with van der Waals surface area (Å²) in [5.74, 6) is 0.733. The van der Waals surface area contributed by atoms with E-state index in [1.807, 2.05) is 26.8 Å². The zero-order valence-electron chi connectivity index (χ0n) is 10.2. The average Bonchev–Trinajstić information content (AvgIpc) is 2.27. The van der Waals surface area contributed by atoms with Crippen LogP contribution in [0.4, 0.5) is 5.82 Å². The third-order valence-corrected chi connectivity index (χ3v) is 2.39. The van der Waals surface area contributed by atoms with Crippen LogP contribution in [0, 0.1) is 6.92 Å². The van der Waals surface area contributed by atoms with E-state index in [1.54, 1.807) is 11.9 Å². The maximum absolute atomic E-state index is 11.8. The van der Waals surface area contributed by atoms with Gasteiger partial charge in [0.05, 0.1) is 0 Å². The van der Waals surface area contributed by atoms with Gasteiger partial charge in [-0.2, -0.15) is 0 Å². The number of carbonyl (C=O) groups excluding carboxylic acids is 1. The molecule has 0 saturated carbocycles. The molecule has 5 heteroatoms. The fourth-order valence-corrected chi connectivity index (χ4v) is 1.30. The van der Waals surface area contributed by atoms with Gasteiger partial charge in [0.25, 0.3) is 0 Å². The predicted octanol–water partition coefficient (Wildman–Crippen LogP) is 1.06. The summed E-state index contributed by atoms with van der Waals surface area (Å²) in [5, 5.41) is 3.06. The maximum atomic E-state index is 11.8. The molecule has 0 saturated heterocycles. The van der Waals surface area contributed by atoms with Gasteiger partial charge in [0.2, 0.25) is 5.91 Å². The van der Waals surface area contributed by atoms with Gasteiger partial charge in [0.15, 0.2) is 0 Å². The van der Waals surface area contributed by atoms with Gasteiger partial charge >= 0.3 is 0 Å². The standard InChI is InChI=1S/C11H18N4O/c1-5-15(4)11(16)9(3)14-10-6-8(2)12-7-13-10/h6-7,9H,5H2,1-4H3,(H,12,13,14). The van der Waals surface area contributed by atoms with Crippen LogP contribution in [-0.2, 0) is 4.79 Å². The molecule has 16 heavy (non-hydrogen) atoms. The van der Waals surface area contributed by atoms with E-state index in [1.165, 1.54) is 6.33 Å². The minimum atomic E-state index is -0.278. The highest BCUT2D eigenvalue weighted by Crippen LogP contribution is 2.05. The van der Waals surface area contributed by atoms with Crippen LogP contribution < -0.4 is 5.32 Å². The van der Waals surface area contributed by atoms with Crippen molar-refractivity contribution in [3.8, 4) is 0 Å². The molecule has 1 N–H and O–H groups in total. The highest BCUT2D eigenvalue weighted by Gasteiger charge is 2.16. The van der Waals surface area contributed by atoms with Gasteiger partial charge in [-0.05, 0) is 20.8 Å². The zero-order chi connectivity index (χ0) is 12.1. The number of likely N-dealkylation sites (N-methyl/N-ethyl adjacent to an activating group) is 1. The summed E-state index contributed by atoms with van der Waals surface area (Å²) in [6.07, 6.45) is 1.48. The number of hydrogen-bond acceptors (Lipinski definition) is 4. The summed E-state index contributed by atoms with van der Waals surface area (Å²) in [6.45, 7) is 6.36. The Morgan fingerprint density at radius 2 is 2.25 bits per heavy atom. The minimum absolute atomic E-state index is 0.0544. The molecule has 1 aromatic rings. The number of amides is 1. The Kier molecular flexibility index (Phi) is 4.22. The van der Waals surface area contributed by atoms with E-state index >= 15 is 0 Å². The van der Waals surface area contributed by atoms with Gasteiger partial charge in [0, 0.05) is 25.4 Å². The molecular formula is C11H18N4O. The van der Waals surface area contributed by atoms with Gasteiger partial charge in [0.1, 0.15) is 18.2 Å². The van der Waals surface area contributed by atoms with Crippen molar-refractivity contribution in [1.82, 2.24) is 14.9 Å². The van der Waals surface area contributed by atoms with E-state index in [4.69, 9.17) is 0 Å².